The Morgan fingerprint density at radius 3 is 2.50 bits per heavy atom. The number of nitrogens with zero attached hydrogens (tertiary/aromatic N) is 5. The predicted molar refractivity (Wildman–Crippen MR) is 115 cm³/mol. The molecular weight excluding hydrogens is 428 g/mol. The summed E-state index contributed by atoms with van der Waals surface area (Å²) in [4.78, 5) is 22.8. The summed E-state index contributed by atoms with van der Waals surface area (Å²) >= 11 is 7.23. The van der Waals surface area contributed by atoms with Crippen molar-refractivity contribution in [1.29, 1.82) is 0 Å². The number of nitrogens with one attached hydrogen (secondary N) is 1. The maximum absolute atomic E-state index is 12.6. The van der Waals surface area contributed by atoms with Crippen LogP contribution < -0.4 is 5.32 Å². The highest BCUT2D eigenvalue weighted by atomic mass is 35.5. The Kier molecular flexibility index (Phi) is 6.68. The molecule has 0 aliphatic heterocycles. The molecule has 1 aromatic heterocycles. The van der Waals surface area contributed by atoms with Gasteiger partial charge in [0.1, 0.15) is 0 Å². The molecular formula is C19H19ClN6O3S. The lowest BCUT2D eigenvalue weighted by atomic mass is 10.0. The molecule has 156 valence electrons. The Hall–Kier alpha value is -2.98. The minimum absolute atomic E-state index is 0.0878. The zero-order valence-electron chi connectivity index (χ0n) is 16.4. The van der Waals surface area contributed by atoms with Gasteiger partial charge < -0.3 is 5.32 Å². The third-order valence-electron chi connectivity index (χ3n) is 4.32. The molecule has 0 saturated heterocycles. The van der Waals surface area contributed by atoms with Crippen LogP contribution >= 0.6 is 23.4 Å². The summed E-state index contributed by atoms with van der Waals surface area (Å²) in [5.74, 6) is 0.0807. The van der Waals surface area contributed by atoms with Gasteiger partial charge in [0.05, 0.1) is 26.6 Å². The molecule has 0 saturated carbocycles. The van der Waals surface area contributed by atoms with Crippen molar-refractivity contribution in [1.82, 2.24) is 20.2 Å². The van der Waals surface area contributed by atoms with Crippen LogP contribution in [0.4, 0.5) is 11.4 Å². The molecule has 9 nitrogen and oxygen atoms in total. The SMILES string of the molecule is CC(Sc1nnnn1-c1ccc(C(C)C)cc1)C(=O)Nc1ccc([N+](=O)[O-])cc1Cl. The second kappa shape index (κ2) is 9.23. The van der Waals surface area contributed by atoms with E-state index in [1.165, 1.54) is 35.5 Å². The van der Waals surface area contributed by atoms with Gasteiger partial charge >= 0.3 is 0 Å². The lowest BCUT2D eigenvalue weighted by Gasteiger charge is -2.13. The third-order valence-corrected chi connectivity index (χ3v) is 5.66. The summed E-state index contributed by atoms with van der Waals surface area (Å²) in [6, 6.07) is 11.8. The van der Waals surface area contributed by atoms with Gasteiger partial charge in [-0.25, -0.2) is 0 Å². The minimum Gasteiger partial charge on any atom is -0.324 e. The second-order valence-corrected chi connectivity index (χ2v) is 8.51. The Morgan fingerprint density at radius 1 is 1.20 bits per heavy atom. The fourth-order valence-corrected chi connectivity index (χ4v) is 3.61. The summed E-state index contributed by atoms with van der Waals surface area (Å²) in [6.07, 6.45) is 0. The molecule has 30 heavy (non-hydrogen) atoms. The minimum atomic E-state index is -0.552. The topological polar surface area (TPSA) is 116 Å². The van der Waals surface area contributed by atoms with Crippen molar-refractivity contribution in [2.75, 3.05) is 5.32 Å². The molecule has 1 atom stereocenters. The third kappa shape index (κ3) is 4.95. The maximum atomic E-state index is 12.6. The molecule has 3 aromatic rings. The zero-order chi connectivity index (χ0) is 21.8. The number of amides is 1. The molecule has 0 aliphatic carbocycles. The molecule has 1 unspecified atom stereocenters. The van der Waals surface area contributed by atoms with Gasteiger partial charge in [-0.05, 0) is 47.0 Å². The summed E-state index contributed by atoms with van der Waals surface area (Å²) < 4.78 is 1.57. The van der Waals surface area contributed by atoms with Crippen LogP contribution in [0.2, 0.25) is 5.02 Å². The van der Waals surface area contributed by atoms with Gasteiger partial charge in [0.25, 0.3) is 5.69 Å². The number of halogens is 1. The van der Waals surface area contributed by atoms with E-state index in [0.29, 0.717) is 16.8 Å². The highest BCUT2D eigenvalue weighted by Gasteiger charge is 2.21. The van der Waals surface area contributed by atoms with Crippen molar-refractivity contribution in [2.24, 2.45) is 0 Å². The fourth-order valence-electron chi connectivity index (χ4n) is 2.58. The number of hydrogen-bond acceptors (Lipinski definition) is 7. The average molecular weight is 447 g/mol. The van der Waals surface area contributed by atoms with E-state index in [4.69, 9.17) is 11.6 Å². The van der Waals surface area contributed by atoms with Crippen LogP contribution in [0.5, 0.6) is 0 Å². The van der Waals surface area contributed by atoms with Crippen molar-refractivity contribution >= 4 is 40.6 Å². The van der Waals surface area contributed by atoms with Crippen LogP contribution in [0, 0.1) is 10.1 Å². The number of carbonyl (C=O) groups is 1. The summed E-state index contributed by atoms with van der Waals surface area (Å²) in [5.41, 5.74) is 2.14. The van der Waals surface area contributed by atoms with Crippen LogP contribution in [0.25, 0.3) is 5.69 Å². The van der Waals surface area contributed by atoms with Crippen LogP contribution in [0.3, 0.4) is 0 Å². The van der Waals surface area contributed by atoms with Crippen LogP contribution in [0.15, 0.2) is 47.6 Å². The van der Waals surface area contributed by atoms with Crippen molar-refractivity contribution < 1.29 is 9.72 Å². The summed E-state index contributed by atoms with van der Waals surface area (Å²) in [5, 5.41) is 25.2. The Morgan fingerprint density at radius 2 is 1.90 bits per heavy atom. The molecule has 2 aromatic carbocycles. The van der Waals surface area contributed by atoms with Crippen LogP contribution in [0.1, 0.15) is 32.3 Å². The quantitative estimate of drug-likeness (QED) is 0.323. The number of non-ortho nitro benzene ring substituents is 1. The first-order valence-corrected chi connectivity index (χ1v) is 10.3. The largest absolute Gasteiger partial charge is 0.324 e. The van der Waals surface area contributed by atoms with Gasteiger partial charge in [-0.3, -0.25) is 14.9 Å². The van der Waals surface area contributed by atoms with Crippen molar-refractivity contribution in [3.63, 3.8) is 0 Å². The Balaban J connectivity index is 1.71. The molecule has 0 fully saturated rings. The smallest absolute Gasteiger partial charge is 0.271 e. The van der Waals surface area contributed by atoms with E-state index < -0.39 is 10.2 Å². The van der Waals surface area contributed by atoms with E-state index in [9.17, 15) is 14.9 Å². The molecule has 0 spiro atoms. The van der Waals surface area contributed by atoms with Gasteiger partial charge in [0.15, 0.2) is 0 Å². The van der Waals surface area contributed by atoms with E-state index in [0.717, 1.165) is 5.69 Å². The van der Waals surface area contributed by atoms with Crippen LogP contribution in [-0.4, -0.2) is 36.3 Å². The lowest BCUT2D eigenvalue weighted by Crippen LogP contribution is -2.23. The van der Waals surface area contributed by atoms with Gasteiger partial charge in [0, 0.05) is 12.1 Å². The fraction of sp³-hybridized carbons (Fsp3) is 0.263. The predicted octanol–water partition coefficient (Wildman–Crippen LogP) is 4.47. The van der Waals surface area contributed by atoms with Crippen molar-refractivity contribution in [2.45, 2.75) is 37.1 Å². The van der Waals surface area contributed by atoms with Gasteiger partial charge in [0.2, 0.25) is 11.1 Å². The van der Waals surface area contributed by atoms with E-state index >= 15 is 0 Å². The molecule has 1 N–H and O–H groups in total. The maximum Gasteiger partial charge on any atom is 0.271 e. The molecule has 3 rings (SSSR count). The van der Waals surface area contributed by atoms with Crippen LogP contribution in [-0.2, 0) is 4.79 Å². The first-order chi connectivity index (χ1) is 14.3. The number of aromatic nitrogens is 4. The molecule has 0 bridgehead atoms. The second-order valence-electron chi connectivity index (χ2n) is 6.79. The van der Waals surface area contributed by atoms with E-state index in [-0.39, 0.29) is 16.6 Å². The first-order valence-electron chi connectivity index (χ1n) is 9.06. The standard InChI is InChI=1S/C19H19ClN6O3S/c1-11(2)13-4-6-14(7-5-13)25-19(22-23-24-25)30-12(3)18(27)21-17-9-8-15(26(28)29)10-16(17)20/h4-12H,1-3H3,(H,21,27). The summed E-state index contributed by atoms with van der Waals surface area (Å²) in [6.45, 7) is 5.94. The normalized spacial score (nSPS) is 12.0. The number of nitro benzene ring substituents is 1. The van der Waals surface area contributed by atoms with Gasteiger partial charge in [-0.15, -0.1) is 5.10 Å². The Labute approximate surface area is 182 Å². The van der Waals surface area contributed by atoms with Crippen molar-refractivity contribution in [3.8, 4) is 5.69 Å². The number of hydrogen-bond donors (Lipinski definition) is 1. The highest BCUT2D eigenvalue weighted by molar-refractivity contribution is 8.00. The zero-order valence-corrected chi connectivity index (χ0v) is 18.0. The molecule has 0 aliphatic rings. The average Bonchev–Trinajstić information content (AvgIpc) is 3.17. The van der Waals surface area contributed by atoms with E-state index in [1.54, 1.807) is 11.6 Å². The lowest BCUT2D eigenvalue weighted by molar-refractivity contribution is -0.384. The summed E-state index contributed by atoms with van der Waals surface area (Å²) in [7, 11) is 0. The number of thioether (sulfide) groups is 1. The number of nitro groups is 1. The number of anilines is 1. The molecule has 1 heterocycles. The molecule has 11 heteroatoms. The molecule has 0 radical (unpaired) electrons. The van der Waals surface area contributed by atoms with Crippen molar-refractivity contribution in [3.05, 3.63) is 63.2 Å². The number of benzene rings is 2. The van der Waals surface area contributed by atoms with Gasteiger partial charge in [-0.2, -0.15) is 4.68 Å². The van der Waals surface area contributed by atoms with E-state index in [2.05, 4.69) is 34.7 Å². The number of tetrazole rings is 1. The first kappa shape index (κ1) is 21.7. The number of rotatable bonds is 7. The van der Waals surface area contributed by atoms with Gasteiger partial charge in [-0.1, -0.05) is 49.3 Å². The van der Waals surface area contributed by atoms with E-state index in [1.807, 2.05) is 24.3 Å². The highest BCUT2D eigenvalue weighted by Crippen LogP contribution is 2.29. The Bertz CT molecular complexity index is 1070. The monoisotopic (exact) mass is 446 g/mol. The molecule has 1 amide bonds. The number of carbonyl (C=O) groups excluding carboxylic acids is 1.